The molecule has 2 N–H and O–H groups in total. The second-order valence-electron chi connectivity index (χ2n) is 2.69. The zero-order valence-electron chi connectivity index (χ0n) is 7.64. The van der Waals surface area contributed by atoms with Crippen LogP contribution in [0.4, 0.5) is 0 Å². The van der Waals surface area contributed by atoms with E-state index >= 15 is 0 Å². The molecule has 0 atom stereocenters. The SMILES string of the molecule is NC(=O)/C=C\C(=O)ON1CCOCC1. The van der Waals surface area contributed by atoms with Crippen molar-refractivity contribution in [2.24, 2.45) is 5.73 Å². The summed E-state index contributed by atoms with van der Waals surface area (Å²) in [5, 5.41) is 1.48. The number of nitrogens with two attached hydrogens (primary N) is 1. The lowest BCUT2D eigenvalue weighted by molar-refractivity contribution is -0.199. The molecule has 1 rings (SSSR count). The molecule has 1 aliphatic rings. The number of carbonyl (C=O) groups excluding carboxylic acids is 2. The Morgan fingerprint density at radius 2 is 1.93 bits per heavy atom. The minimum atomic E-state index is -0.677. The number of morpholine rings is 1. The van der Waals surface area contributed by atoms with Gasteiger partial charge in [0.1, 0.15) is 0 Å². The molecule has 1 aliphatic heterocycles. The molecule has 78 valence electrons. The van der Waals surface area contributed by atoms with Crippen LogP contribution in [0.3, 0.4) is 0 Å². The summed E-state index contributed by atoms with van der Waals surface area (Å²) in [4.78, 5) is 26.2. The fourth-order valence-corrected chi connectivity index (χ4v) is 0.946. The van der Waals surface area contributed by atoms with Crippen molar-refractivity contribution in [2.75, 3.05) is 26.3 Å². The molecule has 0 saturated carbocycles. The Bertz CT molecular complexity index is 246. The molecule has 6 nitrogen and oxygen atoms in total. The first-order valence-electron chi connectivity index (χ1n) is 4.20. The summed E-state index contributed by atoms with van der Waals surface area (Å²) in [5.41, 5.74) is 4.81. The maximum absolute atomic E-state index is 11.0. The fourth-order valence-electron chi connectivity index (χ4n) is 0.946. The van der Waals surface area contributed by atoms with Crippen molar-refractivity contribution in [2.45, 2.75) is 0 Å². The molecule has 6 heteroatoms. The molecule has 1 amide bonds. The van der Waals surface area contributed by atoms with Crippen molar-refractivity contribution < 1.29 is 19.2 Å². The smallest absolute Gasteiger partial charge is 0.349 e. The van der Waals surface area contributed by atoms with Crippen LogP contribution in [0, 0.1) is 0 Å². The van der Waals surface area contributed by atoms with Gasteiger partial charge >= 0.3 is 5.97 Å². The molecule has 1 saturated heterocycles. The van der Waals surface area contributed by atoms with E-state index in [0.29, 0.717) is 26.3 Å². The number of primary amides is 1. The highest BCUT2D eigenvalue weighted by atomic mass is 16.7. The summed E-state index contributed by atoms with van der Waals surface area (Å²) in [7, 11) is 0. The number of hydrogen-bond acceptors (Lipinski definition) is 5. The molecule has 0 aliphatic carbocycles. The minimum absolute atomic E-state index is 0.535. The quantitative estimate of drug-likeness (QED) is 0.580. The number of nitrogens with zero attached hydrogens (tertiary/aromatic N) is 1. The number of hydrogen-bond donors (Lipinski definition) is 1. The third-order valence-electron chi connectivity index (χ3n) is 1.57. The number of ether oxygens (including phenoxy) is 1. The van der Waals surface area contributed by atoms with Crippen molar-refractivity contribution in [3.05, 3.63) is 12.2 Å². The van der Waals surface area contributed by atoms with Gasteiger partial charge in [-0.25, -0.2) is 4.79 Å². The summed E-state index contributed by atoms with van der Waals surface area (Å²) in [6.45, 7) is 2.14. The minimum Gasteiger partial charge on any atom is -0.379 e. The lowest BCUT2D eigenvalue weighted by Gasteiger charge is -2.24. The van der Waals surface area contributed by atoms with Gasteiger partial charge in [-0.2, -0.15) is 0 Å². The van der Waals surface area contributed by atoms with E-state index in [9.17, 15) is 9.59 Å². The van der Waals surface area contributed by atoms with Crippen molar-refractivity contribution in [3.63, 3.8) is 0 Å². The molecular formula is C8H12N2O4. The highest BCUT2D eigenvalue weighted by Gasteiger charge is 2.13. The molecule has 1 heterocycles. The Kier molecular flexibility index (Phi) is 4.09. The van der Waals surface area contributed by atoms with Crippen LogP contribution in [0.25, 0.3) is 0 Å². The number of hydroxylamine groups is 2. The van der Waals surface area contributed by atoms with Crippen LogP contribution in [-0.4, -0.2) is 43.2 Å². The number of rotatable bonds is 3. The fraction of sp³-hybridized carbons (Fsp3) is 0.500. The Morgan fingerprint density at radius 1 is 1.29 bits per heavy atom. The Morgan fingerprint density at radius 3 is 2.50 bits per heavy atom. The van der Waals surface area contributed by atoms with Gasteiger partial charge in [0.25, 0.3) is 0 Å². The van der Waals surface area contributed by atoms with Crippen molar-refractivity contribution in [3.8, 4) is 0 Å². The molecule has 0 bridgehead atoms. The molecule has 0 aromatic rings. The topological polar surface area (TPSA) is 81.9 Å². The normalized spacial score (nSPS) is 18.3. The summed E-state index contributed by atoms with van der Waals surface area (Å²) in [5.74, 6) is -1.28. The largest absolute Gasteiger partial charge is 0.379 e. The lowest BCUT2D eigenvalue weighted by Crippen LogP contribution is -2.37. The third-order valence-corrected chi connectivity index (χ3v) is 1.57. The van der Waals surface area contributed by atoms with Gasteiger partial charge in [0.15, 0.2) is 0 Å². The van der Waals surface area contributed by atoms with Gasteiger partial charge in [-0.05, 0) is 0 Å². The zero-order valence-corrected chi connectivity index (χ0v) is 7.64. The van der Waals surface area contributed by atoms with E-state index in [1.54, 1.807) is 0 Å². The van der Waals surface area contributed by atoms with E-state index in [1.807, 2.05) is 0 Å². The van der Waals surface area contributed by atoms with Gasteiger partial charge in [0, 0.05) is 12.2 Å². The number of carbonyl (C=O) groups is 2. The number of amides is 1. The van der Waals surface area contributed by atoms with Crippen LogP contribution in [0.15, 0.2) is 12.2 Å². The van der Waals surface area contributed by atoms with E-state index in [2.05, 4.69) is 0 Å². The highest BCUT2D eigenvalue weighted by molar-refractivity contribution is 5.93. The van der Waals surface area contributed by atoms with Gasteiger partial charge in [-0.15, -0.1) is 5.06 Å². The third kappa shape index (κ3) is 4.01. The Balaban J connectivity index is 2.28. The molecule has 0 aromatic carbocycles. The van der Waals surface area contributed by atoms with E-state index in [4.69, 9.17) is 15.3 Å². The first-order chi connectivity index (χ1) is 6.68. The lowest BCUT2D eigenvalue weighted by atomic mass is 10.5. The summed E-state index contributed by atoms with van der Waals surface area (Å²) < 4.78 is 5.05. The maximum Gasteiger partial charge on any atom is 0.349 e. The van der Waals surface area contributed by atoms with E-state index < -0.39 is 11.9 Å². The van der Waals surface area contributed by atoms with Crippen LogP contribution in [0.5, 0.6) is 0 Å². The average molecular weight is 200 g/mol. The summed E-state index contributed by atoms with van der Waals surface area (Å²) in [6, 6.07) is 0. The van der Waals surface area contributed by atoms with Gasteiger partial charge in [-0.1, -0.05) is 0 Å². The maximum atomic E-state index is 11.0. The van der Waals surface area contributed by atoms with Gasteiger partial charge < -0.3 is 15.3 Å². The van der Waals surface area contributed by atoms with Crippen molar-refractivity contribution in [1.82, 2.24) is 5.06 Å². The van der Waals surface area contributed by atoms with Crippen molar-refractivity contribution in [1.29, 1.82) is 0 Å². The van der Waals surface area contributed by atoms with E-state index in [0.717, 1.165) is 12.2 Å². The van der Waals surface area contributed by atoms with E-state index in [-0.39, 0.29) is 0 Å². The predicted molar refractivity (Wildman–Crippen MR) is 46.8 cm³/mol. The molecule has 14 heavy (non-hydrogen) atoms. The Hall–Kier alpha value is -1.40. The van der Waals surface area contributed by atoms with Crippen LogP contribution < -0.4 is 5.73 Å². The summed E-state index contributed by atoms with van der Waals surface area (Å²) in [6.07, 6.45) is 1.96. The zero-order chi connectivity index (χ0) is 10.4. The van der Waals surface area contributed by atoms with Gasteiger partial charge in [-0.3, -0.25) is 4.79 Å². The highest BCUT2D eigenvalue weighted by Crippen LogP contribution is 1.98. The van der Waals surface area contributed by atoms with E-state index in [1.165, 1.54) is 5.06 Å². The predicted octanol–water partition coefficient (Wildman–Crippen LogP) is -1.18. The van der Waals surface area contributed by atoms with Crippen LogP contribution in [0.2, 0.25) is 0 Å². The Labute approximate surface area is 81.2 Å². The molecule has 0 spiro atoms. The second-order valence-corrected chi connectivity index (χ2v) is 2.69. The monoisotopic (exact) mass is 200 g/mol. The van der Waals surface area contributed by atoms with Crippen LogP contribution in [0.1, 0.15) is 0 Å². The standard InChI is InChI=1S/C8H12N2O4/c9-7(11)1-2-8(12)14-10-3-5-13-6-4-10/h1-2H,3-6H2,(H2,9,11)/b2-1-. The second kappa shape index (κ2) is 5.36. The van der Waals surface area contributed by atoms with Gasteiger partial charge in [0.05, 0.1) is 26.3 Å². The first kappa shape index (κ1) is 10.7. The van der Waals surface area contributed by atoms with Gasteiger partial charge in [0.2, 0.25) is 5.91 Å². The molecule has 0 aromatic heterocycles. The molecule has 1 fully saturated rings. The first-order valence-corrected chi connectivity index (χ1v) is 4.20. The molecule has 0 radical (unpaired) electrons. The molecule has 0 unspecified atom stereocenters. The van der Waals surface area contributed by atoms with Crippen LogP contribution >= 0.6 is 0 Å². The van der Waals surface area contributed by atoms with Crippen molar-refractivity contribution >= 4 is 11.9 Å². The van der Waals surface area contributed by atoms with Crippen LogP contribution in [-0.2, 0) is 19.2 Å². The average Bonchev–Trinajstić information content (AvgIpc) is 2.16. The summed E-state index contributed by atoms with van der Waals surface area (Å²) >= 11 is 0. The molecular weight excluding hydrogens is 188 g/mol.